The lowest BCUT2D eigenvalue weighted by molar-refractivity contribution is -0.139. The van der Waals surface area contributed by atoms with E-state index in [2.05, 4.69) is 15.5 Å². The number of halogens is 1. The molecule has 2 aliphatic heterocycles. The summed E-state index contributed by atoms with van der Waals surface area (Å²) in [5.41, 5.74) is 0. The second kappa shape index (κ2) is 10.5. The van der Waals surface area contributed by atoms with Crippen LogP contribution >= 0.6 is 11.6 Å². The molecule has 30 heavy (non-hydrogen) atoms. The van der Waals surface area contributed by atoms with Crippen molar-refractivity contribution in [2.45, 2.75) is 11.1 Å². The largest absolute Gasteiger partial charge is 0.379 e. The van der Waals surface area contributed by atoms with E-state index >= 15 is 0 Å². The zero-order valence-electron chi connectivity index (χ0n) is 16.4. The lowest BCUT2D eigenvalue weighted by Crippen LogP contribution is -2.48. The molecule has 2 N–H and O–H groups in total. The highest BCUT2D eigenvalue weighted by atomic mass is 35.5. The van der Waals surface area contributed by atoms with Gasteiger partial charge in [-0.05, 0) is 24.3 Å². The molecule has 0 spiro atoms. The van der Waals surface area contributed by atoms with E-state index in [-0.39, 0.29) is 24.6 Å². The second-order valence-electron chi connectivity index (χ2n) is 6.82. The molecule has 2 fully saturated rings. The first kappa shape index (κ1) is 22.9. The molecule has 0 aliphatic carbocycles. The smallest absolute Gasteiger partial charge is 0.309 e. The minimum atomic E-state index is -3.82. The molecule has 2 amide bonds. The Morgan fingerprint density at radius 2 is 1.70 bits per heavy atom. The molecule has 1 aromatic rings. The van der Waals surface area contributed by atoms with Crippen molar-refractivity contribution in [1.82, 2.24) is 19.8 Å². The van der Waals surface area contributed by atoms with E-state index in [1.165, 1.54) is 24.3 Å². The SMILES string of the molecule is O=C(NCCN1CCOCC1)C(=O)NC[C@@H]1OCCN1S(=O)(=O)c1ccc(Cl)cc1. The van der Waals surface area contributed by atoms with E-state index in [0.29, 0.717) is 31.3 Å². The van der Waals surface area contributed by atoms with Gasteiger partial charge in [0.2, 0.25) is 10.0 Å². The van der Waals surface area contributed by atoms with Gasteiger partial charge in [0.1, 0.15) is 6.23 Å². The monoisotopic (exact) mass is 460 g/mol. The van der Waals surface area contributed by atoms with Crippen LogP contribution in [0.4, 0.5) is 0 Å². The summed E-state index contributed by atoms with van der Waals surface area (Å²) in [6, 6.07) is 5.80. The zero-order valence-corrected chi connectivity index (χ0v) is 18.0. The van der Waals surface area contributed by atoms with Crippen LogP contribution < -0.4 is 10.6 Å². The van der Waals surface area contributed by atoms with Gasteiger partial charge in [0.05, 0.1) is 31.3 Å². The molecule has 166 valence electrons. The number of nitrogens with one attached hydrogen (secondary N) is 2. The van der Waals surface area contributed by atoms with E-state index in [1.54, 1.807) is 0 Å². The summed E-state index contributed by atoms with van der Waals surface area (Å²) in [6.07, 6.45) is -0.893. The van der Waals surface area contributed by atoms with Crippen molar-refractivity contribution in [3.8, 4) is 0 Å². The maximum atomic E-state index is 12.8. The van der Waals surface area contributed by atoms with Crippen LogP contribution in [0.25, 0.3) is 0 Å². The van der Waals surface area contributed by atoms with Crippen molar-refractivity contribution < 1.29 is 27.5 Å². The summed E-state index contributed by atoms with van der Waals surface area (Å²) in [6.45, 7) is 4.07. The zero-order chi connectivity index (χ0) is 21.6. The van der Waals surface area contributed by atoms with Crippen LogP contribution in [0.1, 0.15) is 0 Å². The molecular formula is C18H25ClN4O6S. The van der Waals surface area contributed by atoms with Gasteiger partial charge in [0.25, 0.3) is 0 Å². The third-order valence-electron chi connectivity index (χ3n) is 4.82. The lowest BCUT2D eigenvalue weighted by atomic mass is 10.4. The number of nitrogens with zero attached hydrogens (tertiary/aromatic N) is 2. The van der Waals surface area contributed by atoms with Crippen LogP contribution in [-0.2, 0) is 29.1 Å². The minimum absolute atomic E-state index is 0.0783. The Labute approximate surface area is 180 Å². The molecule has 0 saturated carbocycles. The van der Waals surface area contributed by atoms with Gasteiger partial charge in [0.15, 0.2) is 0 Å². The Hall–Kier alpha value is -1.76. The average molecular weight is 461 g/mol. The van der Waals surface area contributed by atoms with Gasteiger partial charge in [-0.1, -0.05) is 11.6 Å². The Morgan fingerprint density at radius 1 is 1.03 bits per heavy atom. The van der Waals surface area contributed by atoms with E-state index in [9.17, 15) is 18.0 Å². The van der Waals surface area contributed by atoms with Gasteiger partial charge < -0.3 is 20.1 Å². The van der Waals surface area contributed by atoms with Crippen LogP contribution in [0, 0.1) is 0 Å². The van der Waals surface area contributed by atoms with Crippen LogP contribution in [0.15, 0.2) is 29.2 Å². The highest BCUT2D eigenvalue weighted by Crippen LogP contribution is 2.23. The first-order valence-corrected chi connectivity index (χ1v) is 11.4. The number of carbonyl (C=O) groups excluding carboxylic acids is 2. The third kappa shape index (κ3) is 5.90. The van der Waals surface area contributed by atoms with Gasteiger partial charge in [-0.2, -0.15) is 4.31 Å². The molecule has 2 heterocycles. The predicted octanol–water partition coefficient (Wildman–Crippen LogP) is -0.748. The molecular weight excluding hydrogens is 436 g/mol. The molecule has 0 aromatic heterocycles. The third-order valence-corrected chi connectivity index (χ3v) is 6.98. The van der Waals surface area contributed by atoms with Gasteiger partial charge in [-0.25, -0.2) is 8.42 Å². The summed E-state index contributed by atoms with van der Waals surface area (Å²) < 4.78 is 37.5. The molecule has 10 nitrogen and oxygen atoms in total. The molecule has 0 bridgehead atoms. The fourth-order valence-electron chi connectivity index (χ4n) is 3.18. The second-order valence-corrected chi connectivity index (χ2v) is 9.14. The first-order valence-electron chi connectivity index (χ1n) is 9.63. The van der Waals surface area contributed by atoms with Crippen LogP contribution in [0.3, 0.4) is 0 Å². The van der Waals surface area contributed by atoms with Crippen LogP contribution in [-0.4, -0.2) is 94.8 Å². The van der Waals surface area contributed by atoms with E-state index in [4.69, 9.17) is 21.1 Å². The van der Waals surface area contributed by atoms with Crippen molar-refractivity contribution >= 4 is 33.4 Å². The topological polar surface area (TPSA) is 117 Å². The number of hydrogen-bond donors (Lipinski definition) is 2. The molecule has 0 unspecified atom stereocenters. The van der Waals surface area contributed by atoms with Crippen molar-refractivity contribution in [3.63, 3.8) is 0 Å². The fourth-order valence-corrected chi connectivity index (χ4v) is 4.81. The summed E-state index contributed by atoms with van der Waals surface area (Å²) >= 11 is 5.82. The van der Waals surface area contributed by atoms with Crippen molar-refractivity contribution in [3.05, 3.63) is 29.3 Å². The highest BCUT2D eigenvalue weighted by Gasteiger charge is 2.36. The van der Waals surface area contributed by atoms with Crippen molar-refractivity contribution in [2.75, 3.05) is 59.1 Å². The van der Waals surface area contributed by atoms with Gasteiger partial charge >= 0.3 is 11.8 Å². The van der Waals surface area contributed by atoms with Crippen molar-refractivity contribution in [2.24, 2.45) is 0 Å². The quantitative estimate of drug-likeness (QED) is 0.514. The van der Waals surface area contributed by atoms with Crippen molar-refractivity contribution in [1.29, 1.82) is 0 Å². The normalized spacial score (nSPS) is 20.8. The predicted molar refractivity (Wildman–Crippen MR) is 108 cm³/mol. The standard InChI is InChI=1S/C18H25ClN4O6S/c19-14-1-3-15(4-2-14)30(26,27)23-9-12-29-16(23)13-21-18(25)17(24)20-5-6-22-7-10-28-11-8-22/h1-4,16H,5-13H2,(H,20,24)(H,21,25)/t16-/m0/s1. The van der Waals surface area contributed by atoms with Gasteiger partial charge in [0, 0.05) is 37.7 Å². The summed E-state index contributed by atoms with van der Waals surface area (Å²) in [4.78, 5) is 26.2. The number of sulfonamides is 1. The van der Waals surface area contributed by atoms with Crippen LogP contribution in [0.2, 0.25) is 5.02 Å². The molecule has 2 saturated heterocycles. The molecule has 1 atom stereocenters. The maximum absolute atomic E-state index is 12.8. The number of morpholine rings is 1. The Morgan fingerprint density at radius 3 is 2.40 bits per heavy atom. The Kier molecular flexibility index (Phi) is 8.03. The lowest BCUT2D eigenvalue weighted by Gasteiger charge is -2.26. The molecule has 3 rings (SSSR count). The van der Waals surface area contributed by atoms with E-state index in [1.807, 2.05) is 0 Å². The van der Waals surface area contributed by atoms with Gasteiger partial charge in [-0.15, -0.1) is 0 Å². The first-order chi connectivity index (χ1) is 14.4. The summed E-state index contributed by atoms with van der Waals surface area (Å²) in [7, 11) is -3.82. The minimum Gasteiger partial charge on any atom is -0.379 e. The van der Waals surface area contributed by atoms with E-state index in [0.717, 1.165) is 17.4 Å². The molecule has 0 radical (unpaired) electrons. The molecule has 2 aliphatic rings. The maximum Gasteiger partial charge on any atom is 0.309 e. The number of carbonyl (C=O) groups is 2. The van der Waals surface area contributed by atoms with Gasteiger partial charge in [-0.3, -0.25) is 14.5 Å². The number of hydrogen-bond acceptors (Lipinski definition) is 7. The van der Waals surface area contributed by atoms with E-state index < -0.39 is 28.1 Å². The molecule has 12 heteroatoms. The average Bonchev–Trinajstić information content (AvgIpc) is 3.22. The summed E-state index contributed by atoms with van der Waals surface area (Å²) in [5, 5.41) is 5.42. The number of ether oxygens (including phenoxy) is 2. The Bertz CT molecular complexity index is 845. The fraction of sp³-hybridized carbons (Fsp3) is 0.556. The van der Waals surface area contributed by atoms with Crippen LogP contribution in [0.5, 0.6) is 0 Å². The number of rotatable bonds is 7. The highest BCUT2D eigenvalue weighted by molar-refractivity contribution is 7.89. The Balaban J connectivity index is 1.47. The number of amides is 2. The number of benzene rings is 1. The summed E-state index contributed by atoms with van der Waals surface area (Å²) in [5.74, 6) is -1.61. The molecule has 1 aromatic carbocycles.